The standard InChI is InChI=1S/C8H13FN2O/c1-5-6(2)12-7(11-5)8(3,9)4-10/h4,10H2,1-3H3. The van der Waals surface area contributed by atoms with Crippen LogP contribution in [0, 0.1) is 13.8 Å². The maximum atomic E-state index is 13.5. The molecule has 0 saturated heterocycles. The van der Waals surface area contributed by atoms with Crippen LogP contribution in [0.5, 0.6) is 0 Å². The van der Waals surface area contributed by atoms with Crippen LogP contribution in [0.1, 0.15) is 24.3 Å². The fourth-order valence-corrected chi connectivity index (χ4v) is 0.783. The lowest BCUT2D eigenvalue weighted by Gasteiger charge is -2.12. The highest BCUT2D eigenvalue weighted by Gasteiger charge is 2.30. The van der Waals surface area contributed by atoms with Gasteiger partial charge in [-0.3, -0.25) is 0 Å². The van der Waals surface area contributed by atoms with E-state index in [1.807, 2.05) is 0 Å². The SMILES string of the molecule is Cc1nc(C(C)(F)CN)oc1C. The summed E-state index contributed by atoms with van der Waals surface area (Å²) < 4.78 is 18.6. The lowest BCUT2D eigenvalue weighted by Crippen LogP contribution is -2.26. The first-order valence-electron chi connectivity index (χ1n) is 3.81. The minimum Gasteiger partial charge on any atom is -0.442 e. The molecule has 0 aliphatic rings. The van der Waals surface area contributed by atoms with Gasteiger partial charge in [0.15, 0.2) is 5.67 Å². The van der Waals surface area contributed by atoms with E-state index in [2.05, 4.69) is 4.98 Å². The molecule has 1 aromatic rings. The molecule has 4 heteroatoms. The first kappa shape index (κ1) is 9.19. The van der Waals surface area contributed by atoms with Gasteiger partial charge in [-0.25, -0.2) is 9.37 Å². The third kappa shape index (κ3) is 1.48. The van der Waals surface area contributed by atoms with Crippen LogP contribution >= 0.6 is 0 Å². The van der Waals surface area contributed by atoms with E-state index in [1.165, 1.54) is 6.92 Å². The van der Waals surface area contributed by atoms with Crippen molar-refractivity contribution < 1.29 is 8.81 Å². The van der Waals surface area contributed by atoms with E-state index in [9.17, 15) is 4.39 Å². The summed E-state index contributed by atoms with van der Waals surface area (Å²) in [4.78, 5) is 3.93. The molecule has 1 atom stereocenters. The van der Waals surface area contributed by atoms with Crippen molar-refractivity contribution in [3.8, 4) is 0 Å². The molecule has 0 spiro atoms. The van der Waals surface area contributed by atoms with Crippen molar-refractivity contribution >= 4 is 0 Å². The smallest absolute Gasteiger partial charge is 0.233 e. The molecule has 68 valence electrons. The van der Waals surface area contributed by atoms with Crippen LogP contribution in [0.25, 0.3) is 0 Å². The second kappa shape index (κ2) is 2.86. The second-order valence-corrected chi connectivity index (χ2v) is 3.06. The first-order chi connectivity index (χ1) is 5.47. The van der Waals surface area contributed by atoms with Gasteiger partial charge >= 0.3 is 0 Å². The maximum Gasteiger partial charge on any atom is 0.233 e. The molecule has 1 aromatic heterocycles. The lowest BCUT2D eigenvalue weighted by molar-refractivity contribution is 0.153. The predicted molar refractivity (Wildman–Crippen MR) is 43.5 cm³/mol. The molecule has 3 nitrogen and oxygen atoms in total. The van der Waals surface area contributed by atoms with Gasteiger partial charge in [-0.1, -0.05) is 0 Å². The topological polar surface area (TPSA) is 52.0 Å². The Balaban J connectivity index is 3.04. The van der Waals surface area contributed by atoms with Gasteiger partial charge in [-0.2, -0.15) is 0 Å². The van der Waals surface area contributed by atoms with Crippen molar-refractivity contribution in [2.24, 2.45) is 5.73 Å². The Labute approximate surface area is 70.8 Å². The first-order valence-corrected chi connectivity index (χ1v) is 3.81. The highest BCUT2D eigenvalue weighted by Crippen LogP contribution is 2.24. The van der Waals surface area contributed by atoms with E-state index in [0.29, 0.717) is 11.5 Å². The summed E-state index contributed by atoms with van der Waals surface area (Å²) in [5.74, 6) is 0.710. The molecule has 1 unspecified atom stereocenters. The van der Waals surface area contributed by atoms with Crippen molar-refractivity contribution in [2.45, 2.75) is 26.4 Å². The van der Waals surface area contributed by atoms with Crippen LogP contribution in [-0.2, 0) is 5.67 Å². The summed E-state index contributed by atoms with van der Waals surface area (Å²) in [6, 6.07) is 0. The lowest BCUT2D eigenvalue weighted by atomic mass is 10.1. The normalized spacial score (nSPS) is 16.1. The van der Waals surface area contributed by atoms with Crippen LogP contribution in [0.2, 0.25) is 0 Å². The fraction of sp³-hybridized carbons (Fsp3) is 0.625. The van der Waals surface area contributed by atoms with Crippen LogP contribution in [0.3, 0.4) is 0 Å². The molecule has 1 heterocycles. The Bertz CT molecular complexity index is 261. The number of rotatable bonds is 2. The van der Waals surface area contributed by atoms with Gasteiger partial charge in [-0.15, -0.1) is 0 Å². The number of aryl methyl sites for hydroxylation is 2. The van der Waals surface area contributed by atoms with Gasteiger partial charge in [0.05, 0.1) is 5.69 Å². The summed E-state index contributed by atoms with van der Waals surface area (Å²) in [6.07, 6.45) is 0. The number of hydrogen-bond donors (Lipinski definition) is 1. The highest BCUT2D eigenvalue weighted by molar-refractivity contribution is 5.09. The third-order valence-electron chi connectivity index (χ3n) is 1.86. The number of halogens is 1. The molecule has 0 aliphatic heterocycles. The van der Waals surface area contributed by atoms with Crippen LogP contribution in [0.15, 0.2) is 4.42 Å². The van der Waals surface area contributed by atoms with Crippen LogP contribution in [0.4, 0.5) is 4.39 Å². The van der Waals surface area contributed by atoms with E-state index in [1.54, 1.807) is 13.8 Å². The van der Waals surface area contributed by atoms with Gasteiger partial charge in [0.1, 0.15) is 5.76 Å². The van der Waals surface area contributed by atoms with E-state index in [-0.39, 0.29) is 12.4 Å². The van der Waals surface area contributed by atoms with E-state index in [0.717, 1.165) is 0 Å². The van der Waals surface area contributed by atoms with Crippen LogP contribution < -0.4 is 5.73 Å². The van der Waals surface area contributed by atoms with Gasteiger partial charge in [0.25, 0.3) is 0 Å². The number of nitrogens with zero attached hydrogens (tertiary/aromatic N) is 1. The molecule has 1 rings (SSSR count). The summed E-state index contributed by atoms with van der Waals surface area (Å²) in [7, 11) is 0. The molecule has 0 bridgehead atoms. The molecule has 0 aliphatic carbocycles. The minimum absolute atomic E-state index is 0.0694. The molecule has 0 amide bonds. The zero-order valence-corrected chi connectivity index (χ0v) is 7.52. The van der Waals surface area contributed by atoms with Gasteiger partial charge in [0.2, 0.25) is 5.89 Å². The number of alkyl halides is 1. The molecule has 2 N–H and O–H groups in total. The Morgan fingerprint density at radius 2 is 2.17 bits per heavy atom. The van der Waals surface area contributed by atoms with E-state index < -0.39 is 5.67 Å². The largest absolute Gasteiger partial charge is 0.442 e. The zero-order valence-electron chi connectivity index (χ0n) is 7.52. The average Bonchev–Trinajstić information content (AvgIpc) is 2.33. The van der Waals surface area contributed by atoms with Gasteiger partial charge in [0, 0.05) is 6.54 Å². The summed E-state index contributed by atoms with van der Waals surface area (Å²) in [5, 5.41) is 0. The molecular formula is C8H13FN2O. The van der Waals surface area contributed by atoms with Crippen molar-refractivity contribution in [3.63, 3.8) is 0 Å². The number of oxazole rings is 1. The number of nitrogens with two attached hydrogens (primary N) is 1. The average molecular weight is 172 g/mol. The zero-order chi connectivity index (χ0) is 9.35. The summed E-state index contributed by atoms with van der Waals surface area (Å²) in [5.41, 5.74) is 4.28. The molecule has 0 aromatic carbocycles. The molecule has 0 fully saturated rings. The minimum atomic E-state index is -1.65. The monoisotopic (exact) mass is 172 g/mol. The van der Waals surface area contributed by atoms with Gasteiger partial charge in [-0.05, 0) is 20.8 Å². The second-order valence-electron chi connectivity index (χ2n) is 3.06. The third-order valence-corrected chi connectivity index (χ3v) is 1.86. The van der Waals surface area contributed by atoms with Crippen molar-refractivity contribution in [1.82, 2.24) is 4.98 Å². The maximum absolute atomic E-state index is 13.5. The molecular weight excluding hydrogens is 159 g/mol. The van der Waals surface area contributed by atoms with E-state index >= 15 is 0 Å². The predicted octanol–water partition coefficient (Wildman–Crippen LogP) is 1.43. The quantitative estimate of drug-likeness (QED) is 0.734. The Morgan fingerprint density at radius 1 is 1.58 bits per heavy atom. The van der Waals surface area contributed by atoms with Gasteiger partial charge < -0.3 is 10.2 Å². The van der Waals surface area contributed by atoms with Crippen molar-refractivity contribution in [1.29, 1.82) is 0 Å². The van der Waals surface area contributed by atoms with Crippen molar-refractivity contribution in [3.05, 3.63) is 17.3 Å². The Morgan fingerprint density at radius 3 is 2.50 bits per heavy atom. The van der Waals surface area contributed by atoms with Crippen LogP contribution in [-0.4, -0.2) is 11.5 Å². The molecule has 12 heavy (non-hydrogen) atoms. The number of hydrogen-bond acceptors (Lipinski definition) is 3. The fourth-order valence-electron chi connectivity index (χ4n) is 0.783. The van der Waals surface area contributed by atoms with Crippen molar-refractivity contribution in [2.75, 3.05) is 6.54 Å². The Hall–Kier alpha value is -0.900. The van der Waals surface area contributed by atoms with E-state index in [4.69, 9.17) is 10.2 Å². The Kier molecular flexibility index (Phi) is 2.19. The summed E-state index contributed by atoms with van der Waals surface area (Å²) in [6.45, 7) is 4.76. The molecule has 0 saturated carbocycles. The highest BCUT2D eigenvalue weighted by atomic mass is 19.1. The molecule has 0 radical (unpaired) electrons. The summed E-state index contributed by atoms with van der Waals surface area (Å²) >= 11 is 0. The number of aromatic nitrogens is 1.